The average Bonchev–Trinajstić information content (AvgIpc) is 3.25. The molecule has 1 fully saturated rings. The maximum Gasteiger partial charge on any atom is 0.321 e. The molecule has 170 valence electrons. The van der Waals surface area contributed by atoms with Crippen LogP contribution in [0, 0.1) is 0 Å². The summed E-state index contributed by atoms with van der Waals surface area (Å²) in [4.78, 5) is 34.1. The third-order valence-electron chi connectivity index (χ3n) is 5.14. The van der Waals surface area contributed by atoms with Gasteiger partial charge >= 0.3 is 6.03 Å². The Morgan fingerprint density at radius 1 is 1.12 bits per heavy atom. The molecule has 3 amide bonds. The first kappa shape index (κ1) is 22.0. The molecule has 9 nitrogen and oxygen atoms in total. The van der Waals surface area contributed by atoms with Gasteiger partial charge in [0.2, 0.25) is 5.95 Å². The normalized spacial score (nSPS) is 15.2. The summed E-state index contributed by atoms with van der Waals surface area (Å²) < 4.78 is 13.4. The van der Waals surface area contributed by atoms with Crippen molar-refractivity contribution in [3.63, 3.8) is 0 Å². The minimum absolute atomic E-state index is 0.0998. The molecule has 3 aromatic rings. The van der Waals surface area contributed by atoms with Gasteiger partial charge in [0.25, 0.3) is 5.91 Å². The van der Waals surface area contributed by atoms with Crippen LogP contribution in [0.1, 0.15) is 22.3 Å². The highest BCUT2D eigenvalue weighted by Gasteiger charge is 2.25. The molecule has 33 heavy (non-hydrogen) atoms. The van der Waals surface area contributed by atoms with Gasteiger partial charge in [0.05, 0.1) is 12.1 Å². The number of nitrogens with zero attached hydrogens (tertiary/aromatic N) is 3. The molecule has 1 aromatic heterocycles. The number of aromatic nitrogens is 2. The molecule has 1 aliphatic heterocycles. The lowest BCUT2D eigenvalue weighted by Gasteiger charge is -2.17. The van der Waals surface area contributed by atoms with E-state index in [-0.39, 0.29) is 24.1 Å². The number of likely N-dealkylation sites (tertiary alicyclic amines) is 1. The molecule has 1 aliphatic rings. The van der Waals surface area contributed by atoms with Crippen molar-refractivity contribution < 1.29 is 14.0 Å². The SMILES string of the molecule is NC(=O)c1cnc(Nc2cccc(NC(=O)N3CC[C@@H](F)C3)c2)nc1NCc1ccccc1. The Bertz CT molecular complexity index is 1140. The van der Waals surface area contributed by atoms with Crippen LogP contribution in [-0.2, 0) is 6.54 Å². The van der Waals surface area contributed by atoms with E-state index in [1.807, 2.05) is 30.3 Å². The molecular formula is C23H24FN7O2. The predicted molar refractivity (Wildman–Crippen MR) is 124 cm³/mol. The number of alkyl halides is 1. The monoisotopic (exact) mass is 449 g/mol. The largest absolute Gasteiger partial charge is 0.365 e. The van der Waals surface area contributed by atoms with Crippen LogP contribution in [0.5, 0.6) is 0 Å². The van der Waals surface area contributed by atoms with Crippen LogP contribution in [-0.4, -0.2) is 46.1 Å². The number of halogens is 1. The Morgan fingerprint density at radius 2 is 1.91 bits per heavy atom. The molecule has 0 spiro atoms. The van der Waals surface area contributed by atoms with E-state index in [9.17, 15) is 14.0 Å². The van der Waals surface area contributed by atoms with Gasteiger partial charge in [0, 0.05) is 30.7 Å². The van der Waals surface area contributed by atoms with Crippen molar-refractivity contribution in [2.24, 2.45) is 5.73 Å². The second kappa shape index (κ2) is 9.94. The maximum atomic E-state index is 13.4. The lowest BCUT2D eigenvalue weighted by Crippen LogP contribution is -2.33. The number of carbonyl (C=O) groups excluding carboxylic acids is 2. The van der Waals surface area contributed by atoms with Gasteiger partial charge in [-0.15, -0.1) is 0 Å². The fourth-order valence-electron chi connectivity index (χ4n) is 3.45. The standard InChI is InChI=1S/C23H24FN7O2/c24-16-9-10-31(14-16)23(33)29-18-8-4-7-17(11-18)28-22-27-13-19(20(25)32)21(30-22)26-12-15-5-2-1-3-6-15/h1-8,11,13,16H,9-10,12,14H2,(H2,25,32)(H,29,33)(H2,26,27,28,30)/t16-/m1/s1. The molecule has 0 saturated carbocycles. The van der Waals surface area contributed by atoms with Crippen molar-refractivity contribution in [1.29, 1.82) is 0 Å². The molecule has 0 radical (unpaired) electrons. The van der Waals surface area contributed by atoms with E-state index in [0.29, 0.717) is 36.7 Å². The Balaban J connectivity index is 1.46. The topological polar surface area (TPSA) is 125 Å². The number of hydrogen-bond donors (Lipinski definition) is 4. The molecule has 0 aliphatic carbocycles. The van der Waals surface area contributed by atoms with E-state index >= 15 is 0 Å². The highest BCUT2D eigenvalue weighted by Crippen LogP contribution is 2.22. The lowest BCUT2D eigenvalue weighted by atomic mass is 10.2. The number of primary amides is 1. The van der Waals surface area contributed by atoms with Gasteiger partial charge < -0.3 is 26.6 Å². The summed E-state index contributed by atoms with van der Waals surface area (Å²) in [6.45, 7) is 0.946. The van der Waals surface area contributed by atoms with E-state index in [4.69, 9.17) is 5.73 Å². The highest BCUT2D eigenvalue weighted by molar-refractivity contribution is 5.97. The van der Waals surface area contributed by atoms with Crippen LogP contribution in [0.25, 0.3) is 0 Å². The molecule has 10 heteroatoms. The average molecular weight is 449 g/mol. The van der Waals surface area contributed by atoms with Crippen molar-refractivity contribution in [3.05, 3.63) is 71.9 Å². The van der Waals surface area contributed by atoms with Gasteiger partial charge in [-0.3, -0.25) is 4.79 Å². The Morgan fingerprint density at radius 3 is 2.64 bits per heavy atom. The van der Waals surface area contributed by atoms with Crippen LogP contribution in [0.2, 0.25) is 0 Å². The number of nitrogens with one attached hydrogen (secondary N) is 3. The Labute approximate surface area is 190 Å². The summed E-state index contributed by atoms with van der Waals surface area (Å²) in [5, 5.41) is 8.95. The number of amides is 3. The quantitative estimate of drug-likeness (QED) is 0.437. The molecular weight excluding hydrogens is 425 g/mol. The zero-order valence-corrected chi connectivity index (χ0v) is 17.8. The van der Waals surface area contributed by atoms with Crippen molar-refractivity contribution in [2.75, 3.05) is 29.0 Å². The van der Waals surface area contributed by atoms with Gasteiger partial charge in [-0.1, -0.05) is 36.4 Å². The number of hydrogen-bond acceptors (Lipinski definition) is 6. The van der Waals surface area contributed by atoms with Crippen LogP contribution in [0.4, 0.5) is 32.3 Å². The zero-order valence-electron chi connectivity index (χ0n) is 17.8. The maximum absolute atomic E-state index is 13.4. The summed E-state index contributed by atoms with van der Waals surface area (Å²) >= 11 is 0. The van der Waals surface area contributed by atoms with Crippen molar-refractivity contribution in [2.45, 2.75) is 19.1 Å². The smallest absolute Gasteiger partial charge is 0.321 e. The lowest BCUT2D eigenvalue weighted by molar-refractivity contribution is 0.100. The number of urea groups is 1. The second-order valence-electron chi connectivity index (χ2n) is 7.63. The number of rotatable bonds is 7. The molecule has 0 bridgehead atoms. The Kier molecular flexibility index (Phi) is 6.63. The summed E-state index contributed by atoms with van der Waals surface area (Å²) in [7, 11) is 0. The summed E-state index contributed by atoms with van der Waals surface area (Å²) in [5.41, 5.74) is 7.82. The van der Waals surface area contributed by atoms with Crippen molar-refractivity contribution in [3.8, 4) is 0 Å². The summed E-state index contributed by atoms with van der Waals surface area (Å²) in [6, 6.07) is 16.3. The van der Waals surface area contributed by atoms with Gasteiger partial charge in [0.15, 0.2) is 0 Å². The minimum Gasteiger partial charge on any atom is -0.365 e. The van der Waals surface area contributed by atoms with E-state index in [1.54, 1.807) is 24.3 Å². The predicted octanol–water partition coefficient (Wildman–Crippen LogP) is 3.51. The van der Waals surface area contributed by atoms with Crippen LogP contribution in [0.15, 0.2) is 60.8 Å². The van der Waals surface area contributed by atoms with E-state index in [0.717, 1.165) is 5.56 Å². The van der Waals surface area contributed by atoms with Crippen LogP contribution >= 0.6 is 0 Å². The molecule has 2 heterocycles. The van der Waals surface area contributed by atoms with Crippen LogP contribution in [0.3, 0.4) is 0 Å². The van der Waals surface area contributed by atoms with Crippen LogP contribution < -0.4 is 21.7 Å². The molecule has 1 atom stereocenters. The van der Waals surface area contributed by atoms with Gasteiger partial charge in [-0.25, -0.2) is 14.2 Å². The van der Waals surface area contributed by atoms with E-state index < -0.39 is 12.1 Å². The highest BCUT2D eigenvalue weighted by atomic mass is 19.1. The number of benzene rings is 2. The first-order valence-electron chi connectivity index (χ1n) is 10.5. The van der Waals surface area contributed by atoms with E-state index in [2.05, 4.69) is 25.9 Å². The van der Waals surface area contributed by atoms with Crippen molar-refractivity contribution in [1.82, 2.24) is 14.9 Å². The molecule has 5 N–H and O–H groups in total. The molecule has 2 aromatic carbocycles. The fraction of sp³-hybridized carbons (Fsp3) is 0.217. The molecule has 4 rings (SSSR count). The van der Waals surface area contributed by atoms with E-state index in [1.165, 1.54) is 11.1 Å². The summed E-state index contributed by atoms with van der Waals surface area (Å²) in [5.74, 6) is -0.0822. The minimum atomic E-state index is -0.978. The number of nitrogens with two attached hydrogens (primary N) is 1. The fourth-order valence-corrected chi connectivity index (χ4v) is 3.45. The third-order valence-corrected chi connectivity index (χ3v) is 5.14. The number of anilines is 4. The van der Waals surface area contributed by atoms with Crippen molar-refractivity contribution >= 4 is 35.1 Å². The molecule has 0 unspecified atom stereocenters. The van der Waals surface area contributed by atoms with Gasteiger partial charge in [-0.2, -0.15) is 4.98 Å². The number of carbonyl (C=O) groups is 2. The summed E-state index contributed by atoms with van der Waals surface area (Å²) in [6.07, 6.45) is 0.736. The zero-order chi connectivity index (χ0) is 23.2. The Hall–Kier alpha value is -4.21. The first-order chi connectivity index (χ1) is 16.0. The van der Waals surface area contributed by atoms with Gasteiger partial charge in [-0.05, 0) is 30.2 Å². The third kappa shape index (κ3) is 5.73. The second-order valence-corrected chi connectivity index (χ2v) is 7.63. The van der Waals surface area contributed by atoms with Gasteiger partial charge in [0.1, 0.15) is 12.0 Å². The first-order valence-corrected chi connectivity index (χ1v) is 10.5. The molecule has 1 saturated heterocycles.